The van der Waals surface area contributed by atoms with Crippen LogP contribution in [0.4, 0.5) is 17.6 Å². The van der Waals surface area contributed by atoms with Crippen molar-refractivity contribution in [1.82, 2.24) is 4.90 Å². The van der Waals surface area contributed by atoms with E-state index in [0.29, 0.717) is 17.7 Å². The molecule has 0 saturated heterocycles. The van der Waals surface area contributed by atoms with Crippen LogP contribution >= 0.6 is 0 Å². The number of methoxy groups -OCH3 is 1. The van der Waals surface area contributed by atoms with E-state index in [4.69, 9.17) is 13.9 Å². The maximum Gasteiger partial charge on any atom is 0.449 e. The Hall–Kier alpha value is -4.72. The van der Waals surface area contributed by atoms with Gasteiger partial charge in [0.1, 0.15) is 17.3 Å². The number of furan rings is 1. The monoisotopic (exact) mass is 713 g/mol. The van der Waals surface area contributed by atoms with Gasteiger partial charge < -0.3 is 19.0 Å². The molecule has 1 heterocycles. The van der Waals surface area contributed by atoms with Crippen molar-refractivity contribution in [1.29, 1.82) is 0 Å². The zero-order valence-corrected chi connectivity index (χ0v) is 28.3. The first-order chi connectivity index (χ1) is 23.7. The van der Waals surface area contributed by atoms with Crippen molar-refractivity contribution in [3.05, 3.63) is 118 Å². The molecule has 0 atom stereocenters. The summed E-state index contributed by atoms with van der Waals surface area (Å²) in [6.45, 7) is 3.14. The van der Waals surface area contributed by atoms with Gasteiger partial charge in [-0.2, -0.15) is 13.2 Å². The lowest BCUT2D eigenvalue weighted by Gasteiger charge is -2.24. The molecule has 5 aromatic rings. The Morgan fingerprint density at radius 2 is 1.70 bits per heavy atom. The van der Waals surface area contributed by atoms with Crippen LogP contribution in [0.2, 0.25) is 0 Å². The van der Waals surface area contributed by atoms with Gasteiger partial charge in [0, 0.05) is 24.2 Å². The zero-order chi connectivity index (χ0) is 36.2. The number of halogens is 4. The summed E-state index contributed by atoms with van der Waals surface area (Å²) in [6, 6.07) is 21.3. The average Bonchev–Trinajstić information content (AvgIpc) is 3.55. The minimum atomic E-state index is -4.63. The molecular weight excluding hydrogens is 678 g/mol. The van der Waals surface area contributed by atoms with E-state index in [2.05, 4.69) is 0 Å². The fraction of sp³-hybridized carbons (Fsp3) is 0.270. The fourth-order valence-corrected chi connectivity index (χ4v) is 7.24. The largest absolute Gasteiger partial charge is 0.496 e. The van der Waals surface area contributed by atoms with Gasteiger partial charge in [-0.15, -0.1) is 0 Å². The van der Waals surface area contributed by atoms with E-state index >= 15 is 4.39 Å². The van der Waals surface area contributed by atoms with E-state index in [0.717, 1.165) is 34.0 Å². The van der Waals surface area contributed by atoms with Gasteiger partial charge in [-0.1, -0.05) is 48.5 Å². The first-order valence-electron chi connectivity index (χ1n) is 15.6. The van der Waals surface area contributed by atoms with Gasteiger partial charge in [-0.3, -0.25) is 9.69 Å². The molecule has 0 spiro atoms. The molecule has 0 radical (unpaired) electrons. The Kier molecular flexibility index (Phi) is 11.0. The van der Waals surface area contributed by atoms with Gasteiger partial charge in [0.25, 0.3) is 0 Å². The van der Waals surface area contributed by atoms with Crippen molar-refractivity contribution >= 4 is 26.6 Å². The van der Waals surface area contributed by atoms with Gasteiger partial charge >= 0.3 is 12.1 Å². The highest BCUT2D eigenvalue weighted by atomic mass is 32.2. The summed E-state index contributed by atoms with van der Waals surface area (Å²) in [5.74, 6) is -3.77. The van der Waals surface area contributed by atoms with Crippen molar-refractivity contribution in [2.24, 2.45) is 0 Å². The van der Waals surface area contributed by atoms with Gasteiger partial charge in [-0.25, -0.2) is 12.8 Å². The predicted molar refractivity (Wildman–Crippen MR) is 178 cm³/mol. The number of carbonyl (C=O) groups is 1. The summed E-state index contributed by atoms with van der Waals surface area (Å²) < 4.78 is 97.2. The molecule has 0 fully saturated rings. The van der Waals surface area contributed by atoms with E-state index in [1.54, 1.807) is 18.2 Å². The molecule has 1 aromatic heterocycles. The van der Waals surface area contributed by atoms with Crippen LogP contribution in [-0.2, 0) is 51.8 Å². The summed E-state index contributed by atoms with van der Waals surface area (Å²) in [7, 11) is -3.02. The number of esters is 1. The highest BCUT2D eigenvalue weighted by molar-refractivity contribution is 7.92. The third kappa shape index (κ3) is 8.18. The van der Waals surface area contributed by atoms with Gasteiger partial charge in [-0.05, 0) is 77.2 Å². The maximum absolute atomic E-state index is 15.3. The van der Waals surface area contributed by atoms with Crippen LogP contribution < -0.4 is 4.74 Å². The minimum absolute atomic E-state index is 0.0400. The number of hydrogen-bond acceptors (Lipinski definition) is 8. The van der Waals surface area contributed by atoms with Gasteiger partial charge in [0.05, 0.1) is 31.8 Å². The number of alkyl halides is 3. The summed E-state index contributed by atoms with van der Waals surface area (Å²) in [6.07, 6.45) is -4.63. The molecule has 4 aromatic carbocycles. The summed E-state index contributed by atoms with van der Waals surface area (Å²) in [5.41, 5.74) is 2.63. The van der Waals surface area contributed by atoms with Gasteiger partial charge in [0.2, 0.25) is 5.76 Å². The molecule has 0 aliphatic rings. The number of aliphatic hydroxyl groups excluding tert-OH is 1. The molecule has 0 amide bonds. The molecule has 0 aliphatic carbocycles. The van der Waals surface area contributed by atoms with E-state index in [1.165, 1.54) is 26.2 Å². The molecule has 1 N–H and O–H groups in total. The highest BCUT2D eigenvalue weighted by Gasteiger charge is 2.35. The first-order valence-corrected chi connectivity index (χ1v) is 17.2. The molecule has 0 bridgehead atoms. The second-order valence-corrected chi connectivity index (χ2v) is 13.6. The second kappa shape index (κ2) is 15.0. The number of aliphatic hydroxyl groups is 1. The third-order valence-electron chi connectivity index (χ3n) is 8.22. The van der Waals surface area contributed by atoms with E-state index in [1.807, 2.05) is 48.2 Å². The number of hydrogen-bond donors (Lipinski definition) is 1. The van der Waals surface area contributed by atoms with Crippen LogP contribution in [0.15, 0.2) is 88.2 Å². The molecule has 13 heteroatoms. The SMILES string of the molecule is CCOC(=O)CS(=O)(=O)c1cc(-c2ccc(CN(Cc3ccc(C(F)(F)F)o3)Cc3c(C)ccc4ccccc34)cc2OC)cc(F)c1CO. The number of ether oxygens (including phenoxy) is 2. The number of rotatable bonds is 13. The topological polar surface area (TPSA) is 106 Å². The lowest BCUT2D eigenvalue weighted by molar-refractivity contribution is -0.153. The normalized spacial score (nSPS) is 12.1. The van der Waals surface area contributed by atoms with Crippen LogP contribution in [0.25, 0.3) is 21.9 Å². The Balaban J connectivity index is 1.52. The minimum Gasteiger partial charge on any atom is -0.496 e. The molecular formula is C37H35F4NO7S. The molecule has 8 nitrogen and oxygen atoms in total. The second-order valence-electron chi connectivity index (χ2n) is 11.7. The van der Waals surface area contributed by atoms with Crippen molar-refractivity contribution in [3.8, 4) is 16.9 Å². The first kappa shape index (κ1) is 36.6. The van der Waals surface area contributed by atoms with E-state index in [-0.39, 0.29) is 36.8 Å². The molecule has 0 saturated carbocycles. The summed E-state index contributed by atoms with van der Waals surface area (Å²) in [5, 5.41) is 11.8. The number of sulfone groups is 1. The predicted octanol–water partition coefficient (Wildman–Crippen LogP) is 7.61. The smallest absolute Gasteiger partial charge is 0.449 e. The zero-order valence-electron chi connectivity index (χ0n) is 27.5. The number of carbonyl (C=O) groups excluding carboxylic acids is 1. The lowest BCUT2D eigenvalue weighted by Crippen LogP contribution is -2.23. The molecule has 0 aliphatic heterocycles. The highest BCUT2D eigenvalue weighted by Crippen LogP contribution is 2.36. The molecule has 0 unspecified atom stereocenters. The number of nitrogens with zero attached hydrogens (tertiary/aromatic N) is 1. The van der Waals surface area contributed by atoms with Crippen LogP contribution in [0, 0.1) is 12.7 Å². The van der Waals surface area contributed by atoms with Crippen LogP contribution in [0.5, 0.6) is 5.75 Å². The standard InChI is InChI=1S/C37H35F4NO7S/c1-4-48-36(44)22-50(45,46)34-17-26(16-32(38)31(34)21-43)29-13-10-24(15-33(29)47-3)18-42(19-27-12-14-35(49-27)37(39,40)41)20-30-23(2)9-11-25-7-5-6-8-28(25)30/h5-17,43H,4,18-22H2,1-3H3. The van der Waals surface area contributed by atoms with Crippen molar-refractivity contribution in [2.45, 2.75) is 51.2 Å². The fourth-order valence-electron chi connectivity index (χ4n) is 5.85. The van der Waals surface area contributed by atoms with E-state index < -0.39 is 56.4 Å². The Morgan fingerprint density at radius 3 is 2.38 bits per heavy atom. The summed E-state index contributed by atoms with van der Waals surface area (Å²) in [4.78, 5) is 13.4. The Bertz CT molecular complexity index is 2130. The van der Waals surface area contributed by atoms with Crippen LogP contribution in [0.1, 0.15) is 40.7 Å². The number of aryl methyl sites for hydroxylation is 1. The van der Waals surface area contributed by atoms with E-state index in [9.17, 15) is 31.5 Å². The number of fused-ring (bicyclic) bond motifs is 1. The molecule has 50 heavy (non-hydrogen) atoms. The van der Waals surface area contributed by atoms with Crippen molar-refractivity contribution in [3.63, 3.8) is 0 Å². The average molecular weight is 714 g/mol. The van der Waals surface area contributed by atoms with Crippen molar-refractivity contribution < 1.29 is 49.8 Å². The van der Waals surface area contributed by atoms with Crippen LogP contribution in [-0.4, -0.2) is 43.9 Å². The van der Waals surface area contributed by atoms with Gasteiger partial charge in [0.15, 0.2) is 15.6 Å². The van der Waals surface area contributed by atoms with Crippen LogP contribution in [0.3, 0.4) is 0 Å². The third-order valence-corrected chi connectivity index (χ3v) is 9.87. The maximum atomic E-state index is 15.3. The Labute approximate surface area is 286 Å². The summed E-state index contributed by atoms with van der Waals surface area (Å²) >= 11 is 0. The quantitative estimate of drug-likeness (QED) is 0.0983. The number of benzene rings is 4. The molecule has 5 rings (SSSR count). The van der Waals surface area contributed by atoms with Crippen molar-refractivity contribution in [2.75, 3.05) is 19.5 Å². The Morgan fingerprint density at radius 1 is 0.940 bits per heavy atom. The lowest BCUT2D eigenvalue weighted by atomic mass is 9.98. The molecule has 264 valence electrons.